The summed E-state index contributed by atoms with van der Waals surface area (Å²) in [5, 5.41) is 6.65. The van der Waals surface area contributed by atoms with E-state index in [1.807, 2.05) is 13.8 Å². The molecule has 0 saturated heterocycles. The molecular formula is C13H15N3O3. The number of rotatable bonds is 3. The molecule has 0 spiro atoms. The first-order valence-electron chi connectivity index (χ1n) is 5.92. The van der Waals surface area contributed by atoms with Crippen molar-refractivity contribution in [3.63, 3.8) is 0 Å². The Morgan fingerprint density at radius 1 is 1.42 bits per heavy atom. The summed E-state index contributed by atoms with van der Waals surface area (Å²) in [5.74, 6) is 0.331. The van der Waals surface area contributed by atoms with Crippen molar-refractivity contribution in [1.29, 1.82) is 0 Å². The van der Waals surface area contributed by atoms with Crippen molar-refractivity contribution in [2.24, 2.45) is 0 Å². The van der Waals surface area contributed by atoms with E-state index in [1.54, 1.807) is 13.0 Å². The second kappa shape index (κ2) is 5.09. The van der Waals surface area contributed by atoms with E-state index in [4.69, 9.17) is 4.52 Å². The van der Waals surface area contributed by atoms with Crippen molar-refractivity contribution in [3.05, 3.63) is 51.3 Å². The molecule has 1 atom stereocenters. The third kappa shape index (κ3) is 2.73. The van der Waals surface area contributed by atoms with Gasteiger partial charge < -0.3 is 14.8 Å². The number of pyridine rings is 1. The number of carbonyl (C=O) groups excluding carboxylic acids is 1. The predicted molar refractivity (Wildman–Crippen MR) is 68.9 cm³/mol. The first-order chi connectivity index (χ1) is 8.99. The van der Waals surface area contributed by atoms with Crippen LogP contribution in [0.2, 0.25) is 0 Å². The van der Waals surface area contributed by atoms with Crippen molar-refractivity contribution in [1.82, 2.24) is 15.5 Å². The number of hydrogen-bond acceptors (Lipinski definition) is 4. The standard InChI is InChI=1S/C13H15N3O3/c1-7(12-8(2)16-19-9(12)3)14-13(18)10-5-4-6-11(17)15-10/h4-7H,1-3H3,(H,14,18)(H,15,17). The molecule has 2 aromatic heterocycles. The molecule has 0 aromatic carbocycles. The lowest BCUT2D eigenvalue weighted by atomic mass is 10.1. The van der Waals surface area contributed by atoms with Crippen LogP contribution in [0.3, 0.4) is 0 Å². The lowest BCUT2D eigenvalue weighted by Crippen LogP contribution is -2.29. The van der Waals surface area contributed by atoms with Gasteiger partial charge in [-0.15, -0.1) is 0 Å². The fourth-order valence-corrected chi connectivity index (χ4v) is 2.04. The van der Waals surface area contributed by atoms with Crippen LogP contribution in [0.4, 0.5) is 0 Å². The van der Waals surface area contributed by atoms with Crippen molar-refractivity contribution in [3.8, 4) is 0 Å². The number of H-pyrrole nitrogens is 1. The Morgan fingerprint density at radius 3 is 2.74 bits per heavy atom. The Balaban J connectivity index is 2.18. The molecule has 100 valence electrons. The van der Waals surface area contributed by atoms with Crippen molar-refractivity contribution >= 4 is 5.91 Å². The first kappa shape index (κ1) is 13.1. The zero-order valence-electron chi connectivity index (χ0n) is 11.0. The molecule has 1 unspecified atom stereocenters. The molecular weight excluding hydrogens is 246 g/mol. The number of aryl methyl sites for hydroxylation is 2. The fraction of sp³-hybridized carbons (Fsp3) is 0.308. The van der Waals surface area contributed by atoms with Gasteiger partial charge in [0, 0.05) is 11.6 Å². The normalized spacial score (nSPS) is 12.2. The van der Waals surface area contributed by atoms with Crippen LogP contribution < -0.4 is 10.9 Å². The first-order valence-corrected chi connectivity index (χ1v) is 5.92. The topological polar surface area (TPSA) is 88.0 Å². The number of carbonyl (C=O) groups is 1. The summed E-state index contributed by atoms with van der Waals surface area (Å²) in [6.45, 7) is 5.45. The summed E-state index contributed by atoms with van der Waals surface area (Å²) >= 11 is 0. The Bertz CT molecular complexity index is 638. The zero-order valence-corrected chi connectivity index (χ0v) is 11.0. The largest absolute Gasteiger partial charge is 0.361 e. The highest BCUT2D eigenvalue weighted by Gasteiger charge is 2.19. The van der Waals surface area contributed by atoms with E-state index in [0.29, 0.717) is 5.76 Å². The average Bonchev–Trinajstić information content (AvgIpc) is 2.69. The van der Waals surface area contributed by atoms with Gasteiger partial charge in [-0.25, -0.2) is 0 Å². The van der Waals surface area contributed by atoms with Crippen LogP contribution in [0.15, 0.2) is 27.5 Å². The van der Waals surface area contributed by atoms with Crippen LogP contribution in [0, 0.1) is 13.8 Å². The second-order valence-corrected chi connectivity index (χ2v) is 4.36. The molecule has 0 aliphatic carbocycles. The quantitative estimate of drug-likeness (QED) is 0.875. The molecule has 0 aliphatic rings. The summed E-state index contributed by atoms with van der Waals surface area (Å²) in [4.78, 5) is 25.6. The third-order valence-corrected chi connectivity index (χ3v) is 2.88. The number of aromatic amines is 1. The van der Waals surface area contributed by atoms with Crippen LogP contribution in [0.1, 0.15) is 40.5 Å². The number of amides is 1. The number of nitrogens with zero attached hydrogens (tertiary/aromatic N) is 1. The maximum atomic E-state index is 12.0. The number of hydrogen-bond donors (Lipinski definition) is 2. The maximum absolute atomic E-state index is 12.0. The summed E-state index contributed by atoms with van der Waals surface area (Å²) in [6, 6.07) is 4.20. The molecule has 0 radical (unpaired) electrons. The minimum absolute atomic E-state index is 0.228. The Kier molecular flexibility index (Phi) is 3.50. The van der Waals surface area contributed by atoms with Crippen molar-refractivity contribution < 1.29 is 9.32 Å². The van der Waals surface area contributed by atoms with Crippen LogP contribution in [0.25, 0.3) is 0 Å². The van der Waals surface area contributed by atoms with E-state index in [1.165, 1.54) is 12.1 Å². The molecule has 1 amide bonds. The molecule has 2 rings (SSSR count). The van der Waals surface area contributed by atoms with Gasteiger partial charge in [0.15, 0.2) is 0 Å². The van der Waals surface area contributed by atoms with Gasteiger partial charge in [-0.3, -0.25) is 9.59 Å². The summed E-state index contributed by atoms with van der Waals surface area (Å²) in [7, 11) is 0. The number of aromatic nitrogens is 2. The molecule has 2 aromatic rings. The van der Waals surface area contributed by atoms with Crippen LogP contribution in [0.5, 0.6) is 0 Å². The van der Waals surface area contributed by atoms with Crippen LogP contribution in [-0.4, -0.2) is 16.0 Å². The molecule has 2 N–H and O–H groups in total. The summed E-state index contributed by atoms with van der Waals surface area (Å²) < 4.78 is 5.06. The van der Waals surface area contributed by atoms with E-state index in [9.17, 15) is 9.59 Å². The van der Waals surface area contributed by atoms with Gasteiger partial charge in [-0.05, 0) is 26.8 Å². The van der Waals surface area contributed by atoms with Gasteiger partial charge in [0.25, 0.3) is 5.91 Å². The molecule has 0 fully saturated rings. The second-order valence-electron chi connectivity index (χ2n) is 4.36. The molecule has 2 heterocycles. The van der Waals surface area contributed by atoms with Crippen molar-refractivity contribution in [2.75, 3.05) is 0 Å². The van der Waals surface area contributed by atoms with Gasteiger partial charge >= 0.3 is 0 Å². The van der Waals surface area contributed by atoms with Crippen molar-refractivity contribution in [2.45, 2.75) is 26.8 Å². The summed E-state index contributed by atoms with van der Waals surface area (Å²) in [5.41, 5.74) is 1.52. The highest BCUT2D eigenvalue weighted by atomic mass is 16.5. The van der Waals surface area contributed by atoms with Gasteiger partial charge in [0.05, 0.1) is 11.7 Å². The maximum Gasteiger partial charge on any atom is 0.268 e. The monoisotopic (exact) mass is 261 g/mol. The van der Waals surface area contributed by atoms with Gasteiger partial charge in [-0.1, -0.05) is 11.2 Å². The molecule has 0 saturated carbocycles. The van der Waals surface area contributed by atoms with E-state index >= 15 is 0 Å². The minimum atomic E-state index is -0.342. The Labute approximate surface area is 109 Å². The lowest BCUT2D eigenvalue weighted by Gasteiger charge is -2.13. The van der Waals surface area contributed by atoms with E-state index in [-0.39, 0.29) is 23.2 Å². The molecule has 6 nitrogen and oxygen atoms in total. The predicted octanol–water partition coefficient (Wildman–Crippen LogP) is 1.47. The highest BCUT2D eigenvalue weighted by molar-refractivity contribution is 5.92. The Hall–Kier alpha value is -2.37. The van der Waals surface area contributed by atoms with Gasteiger partial charge in [0.1, 0.15) is 11.5 Å². The Morgan fingerprint density at radius 2 is 2.16 bits per heavy atom. The highest BCUT2D eigenvalue weighted by Crippen LogP contribution is 2.20. The SMILES string of the molecule is Cc1noc(C)c1C(C)NC(=O)c1cccc(=O)[nH]1. The molecule has 0 bridgehead atoms. The van der Waals surface area contributed by atoms with Crippen LogP contribution >= 0.6 is 0 Å². The van der Waals surface area contributed by atoms with Gasteiger partial charge in [0.2, 0.25) is 5.56 Å². The number of nitrogens with one attached hydrogen (secondary N) is 2. The molecule has 6 heteroatoms. The molecule has 0 aliphatic heterocycles. The zero-order chi connectivity index (χ0) is 14.0. The molecule has 19 heavy (non-hydrogen) atoms. The van der Waals surface area contributed by atoms with Gasteiger partial charge in [-0.2, -0.15) is 0 Å². The van der Waals surface area contributed by atoms with E-state index < -0.39 is 0 Å². The van der Waals surface area contributed by atoms with E-state index in [2.05, 4.69) is 15.5 Å². The lowest BCUT2D eigenvalue weighted by molar-refractivity contribution is 0.0934. The fourth-order valence-electron chi connectivity index (χ4n) is 2.04. The third-order valence-electron chi connectivity index (χ3n) is 2.88. The van der Waals surface area contributed by atoms with Crippen LogP contribution in [-0.2, 0) is 0 Å². The smallest absolute Gasteiger partial charge is 0.268 e. The average molecular weight is 261 g/mol. The summed E-state index contributed by atoms with van der Waals surface area (Å²) in [6.07, 6.45) is 0. The van der Waals surface area contributed by atoms with E-state index in [0.717, 1.165) is 11.3 Å². The minimum Gasteiger partial charge on any atom is -0.361 e.